The maximum Gasteiger partial charge on any atom is 0.263 e. The molecule has 1 N–H and O–H groups in total. The van der Waals surface area contributed by atoms with Gasteiger partial charge in [-0.25, -0.2) is 21.2 Å². The number of amidine groups is 1. The Morgan fingerprint density at radius 2 is 1.59 bits per heavy atom. The molecule has 0 aromatic heterocycles. The Morgan fingerprint density at radius 1 is 1.00 bits per heavy atom. The van der Waals surface area contributed by atoms with Crippen LogP contribution in [0.4, 0.5) is 10.1 Å². The summed E-state index contributed by atoms with van der Waals surface area (Å²) in [5, 5.41) is 7.14. The van der Waals surface area contributed by atoms with Crippen LogP contribution in [-0.4, -0.2) is 46.4 Å². The number of halogens is 3. The quantitative estimate of drug-likeness (QED) is 0.232. The summed E-state index contributed by atoms with van der Waals surface area (Å²) in [6.07, 6.45) is 1.17. The summed E-state index contributed by atoms with van der Waals surface area (Å²) in [4.78, 5) is 4.54. The van der Waals surface area contributed by atoms with Crippen LogP contribution < -0.4 is 9.73 Å². The van der Waals surface area contributed by atoms with Crippen LogP contribution in [0.15, 0.2) is 87.8 Å². The number of hydrogen-bond acceptors (Lipinski definition) is 7. The number of aliphatic imine (C=N–C) groups is 1. The van der Waals surface area contributed by atoms with Gasteiger partial charge in [-0.2, -0.15) is 5.10 Å². The largest absolute Gasteiger partial charge is 0.263 e. The summed E-state index contributed by atoms with van der Waals surface area (Å²) >= 11 is 12.0. The molecule has 0 bridgehead atoms. The Morgan fingerprint density at radius 3 is 2.15 bits per heavy atom. The fraction of sp³-hybridized carbons (Fsp3) is 0.286. The Bertz CT molecular complexity index is 1680. The number of rotatable bonds is 9. The number of anilines is 1. The first-order valence-electron chi connectivity index (χ1n) is 12.6. The smallest absolute Gasteiger partial charge is 0.262 e. The highest BCUT2D eigenvalue weighted by atomic mass is 35.5. The fourth-order valence-electron chi connectivity index (χ4n) is 4.29. The van der Waals surface area contributed by atoms with Crippen molar-refractivity contribution in [3.8, 4) is 0 Å². The van der Waals surface area contributed by atoms with Crippen molar-refractivity contribution in [2.45, 2.75) is 37.2 Å². The predicted octanol–water partition coefficient (Wildman–Crippen LogP) is 5.89. The van der Waals surface area contributed by atoms with Crippen LogP contribution in [0.3, 0.4) is 0 Å². The van der Waals surface area contributed by atoms with E-state index in [1.165, 1.54) is 30.3 Å². The molecule has 0 fully saturated rings. The van der Waals surface area contributed by atoms with E-state index in [4.69, 9.17) is 28.3 Å². The molecular weight excluding hydrogens is 610 g/mol. The number of sulfonamides is 1. The third-order valence-corrected chi connectivity index (χ3v) is 9.24. The average Bonchev–Trinajstić information content (AvgIpc) is 3.33. The van der Waals surface area contributed by atoms with Gasteiger partial charge in [0.25, 0.3) is 10.0 Å². The van der Waals surface area contributed by atoms with Gasteiger partial charge in [0.15, 0.2) is 5.84 Å². The number of hydrazone groups is 1. The van der Waals surface area contributed by atoms with Gasteiger partial charge in [-0.1, -0.05) is 55.2 Å². The number of benzene rings is 3. The molecule has 8 nitrogen and oxygen atoms in total. The molecule has 0 spiro atoms. The first-order chi connectivity index (χ1) is 19.2. The Balaban J connectivity index is 1.85. The van der Waals surface area contributed by atoms with E-state index in [1.54, 1.807) is 61.3 Å². The van der Waals surface area contributed by atoms with E-state index in [0.717, 1.165) is 6.26 Å². The highest BCUT2D eigenvalue weighted by Crippen LogP contribution is 2.37. The van der Waals surface area contributed by atoms with E-state index in [-0.39, 0.29) is 34.5 Å². The topological polar surface area (TPSA) is 108 Å². The molecule has 1 aliphatic rings. The summed E-state index contributed by atoms with van der Waals surface area (Å²) in [5.74, 6) is -1.14. The molecule has 2 unspecified atom stereocenters. The Kier molecular flexibility index (Phi) is 9.42. The summed E-state index contributed by atoms with van der Waals surface area (Å²) in [7, 11) is -7.65. The van der Waals surface area contributed by atoms with E-state index in [0.29, 0.717) is 21.3 Å². The van der Waals surface area contributed by atoms with Gasteiger partial charge in [0, 0.05) is 28.3 Å². The van der Waals surface area contributed by atoms with Gasteiger partial charge in [0.1, 0.15) is 21.4 Å². The number of hydrogen-bond donors (Lipinski definition) is 1. The van der Waals surface area contributed by atoms with Crippen LogP contribution >= 0.6 is 23.2 Å². The van der Waals surface area contributed by atoms with Crippen molar-refractivity contribution in [2.75, 3.05) is 17.0 Å². The lowest BCUT2D eigenvalue weighted by Crippen LogP contribution is -2.38. The van der Waals surface area contributed by atoms with Crippen LogP contribution in [0.5, 0.6) is 0 Å². The molecule has 218 valence electrons. The van der Waals surface area contributed by atoms with Crippen molar-refractivity contribution in [3.05, 3.63) is 94.2 Å². The van der Waals surface area contributed by atoms with Crippen molar-refractivity contribution >= 4 is 60.3 Å². The SMILES string of the molecule is CC(C)C(CS(C)(=O)=O)N=C(NS(=O)(=O)c1ccc(Cl)cc1)C1=NN(c2ccc(Cl)cc2)C(c2ccccc2F)C1. The van der Waals surface area contributed by atoms with Crippen LogP contribution in [0.25, 0.3) is 0 Å². The van der Waals surface area contributed by atoms with Crippen molar-refractivity contribution in [2.24, 2.45) is 16.0 Å². The monoisotopic (exact) mass is 638 g/mol. The second kappa shape index (κ2) is 12.5. The van der Waals surface area contributed by atoms with Crippen LogP contribution in [0.2, 0.25) is 10.0 Å². The second-order valence-corrected chi connectivity index (χ2v) is 14.8. The molecule has 1 heterocycles. The maximum absolute atomic E-state index is 15.0. The van der Waals surface area contributed by atoms with E-state index in [1.807, 2.05) is 0 Å². The molecule has 3 aromatic carbocycles. The Labute approximate surface area is 249 Å². The molecular formula is C28H29Cl2FN4O4S2. The van der Waals surface area contributed by atoms with Crippen molar-refractivity contribution in [3.63, 3.8) is 0 Å². The molecule has 0 aliphatic carbocycles. The maximum atomic E-state index is 15.0. The first-order valence-corrected chi connectivity index (χ1v) is 16.9. The van der Waals surface area contributed by atoms with Gasteiger partial charge in [0.2, 0.25) is 0 Å². The van der Waals surface area contributed by atoms with E-state index in [2.05, 4.69) is 9.71 Å². The fourth-order valence-corrected chi connectivity index (χ4v) is 6.66. The molecule has 0 saturated heterocycles. The molecule has 3 aromatic rings. The zero-order valence-electron chi connectivity index (χ0n) is 22.5. The molecule has 0 radical (unpaired) electrons. The second-order valence-electron chi connectivity index (χ2n) is 10.1. The van der Waals surface area contributed by atoms with Crippen molar-refractivity contribution in [1.29, 1.82) is 0 Å². The van der Waals surface area contributed by atoms with E-state index >= 15 is 4.39 Å². The summed E-state index contributed by atoms with van der Waals surface area (Å²) in [6.45, 7) is 3.59. The van der Waals surface area contributed by atoms with Gasteiger partial charge >= 0.3 is 0 Å². The van der Waals surface area contributed by atoms with E-state index < -0.39 is 37.8 Å². The van der Waals surface area contributed by atoms with Crippen molar-refractivity contribution < 1.29 is 21.2 Å². The number of nitrogens with one attached hydrogen (secondary N) is 1. The Hall–Kier alpha value is -2.99. The number of sulfone groups is 1. The highest BCUT2D eigenvalue weighted by Gasteiger charge is 2.35. The predicted molar refractivity (Wildman–Crippen MR) is 163 cm³/mol. The van der Waals surface area contributed by atoms with Crippen LogP contribution in [-0.2, 0) is 19.9 Å². The summed E-state index contributed by atoms with van der Waals surface area (Å²) in [6, 6.07) is 17.2. The van der Waals surface area contributed by atoms with Gasteiger partial charge in [0.05, 0.1) is 28.4 Å². The molecule has 41 heavy (non-hydrogen) atoms. The zero-order valence-corrected chi connectivity index (χ0v) is 25.6. The normalized spacial score (nSPS) is 17.0. The number of nitrogens with zero attached hydrogens (tertiary/aromatic N) is 3. The van der Waals surface area contributed by atoms with Crippen LogP contribution in [0, 0.1) is 11.7 Å². The van der Waals surface area contributed by atoms with E-state index in [9.17, 15) is 16.8 Å². The molecule has 1 aliphatic heterocycles. The van der Waals surface area contributed by atoms with Gasteiger partial charge < -0.3 is 0 Å². The van der Waals surface area contributed by atoms with Crippen LogP contribution in [0.1, 0.15) is 31.9 Å². The highest BCUT2D eigenvalue weighted by molar-refractivity contribution is 7.90. The minimum absolute atomic E-state index is 0.0716. The minimum Gasteiger partial charge on any atom is -0.262 e. The third kappa shape index (κ3) is 7.85. The van der Waals surface area contributed by atoms with Gasteiger partial charge in [-0.05, 0) is 60.5 Å². The van der Waals surface area contributed by atoms with Crippen molar-refractivity contribution in [1.82, 2.24) is 4.72 Å². The molecule has 2 atom stereocenters. The average molecular weight is 640 g/mol. The summed E-state index contributed by atoms with van der Waals surface area (Å²) in [5.41, 5.74) is 1.15. The lowest BCUT2D eigenvalue weighted by atomic mass is 10.00. The van der Waals surface area contributed by atoms with Gasteiger partial charge in [-0.15, -0.1) is 0 Å². The molecule has 13 heteroatoms. The minimum atomic E-state index is -4.19. The summed E-state index contributed by atoms with van der Waals surface area (Å²) < 4.78 is 68.9. The first kappa shape index (κ1) is 31.0. The third-order valence-electron chi connectivity index (χ3n) is 6.43. The zero-order chi connectivity index (χ0) is 29.9. The molecule has 4 rings (SSSR count). The molecule has 0 amide bonds. The lowest BCUT2D eigenvalue weighted by Gasteiger charge is -2.24. The molecule has 0 saturated carbocycles. The lowest BCUT2D eigenvalue weighted by molar-refractivity contribution is 0.519. The van der Waals surface area contributed by atoms with Gasteiger partial charge in [-0.3, -0.25) is 14.7 Å². The standard InChI is InChI=1S/C28H29Cl2FN4O4S2/c1-18(2)26(17-40(3,36)37)32-28(34-41(38,39)22-14-10-20(30)11-15-22)25-16-27(23-6-4-5-7-24(23)31)35(33-25)21-12-8-19(29)9-13-21/h4-15,18,26-27H,16-17H2,1-3H3,(H,32,34).